The molecule has 4 heteroatoms. The van der Waals surface area contributed by atoms with Crippen molar-refractivity contribution in [2.45, 2.75) is 0 Å². The van der Waals surface area contributed by atoms with Gasteiger partial charge in [-0.15, -0.1) is 0 Å². The highest BCUT2D eigenvalue weighted by Gasteiger charge is 2.21. The van der Waals surface area contributed by atoms with E-state index >= 15 is 0 Å². The molecule has 0 saturated heterocycles. The third-order valence-electron chi connectivity index (χ3n) is 3.89. The van der Waals surface area contributed by atoms with Crippen LogP contribution in [0.5, 0.6) is 11.5 Å². The van der Waals surface area contributed by atoms with E-state index in [1.54, 1.807) is 18.2 Å². The summed E-state index contributed by atoms with van der Waals surface area (Å²) in [6, 6.07) is 23.1. The molecule has 4 rings (SSSR count). The van der Waals surface area contributed by atoms with Crippen molar-refractivity contribution in [1.29, 1.82) is 0 Å². The van der Waals surface area contributed by atoms with E-state index in [9.17, 15) is 4.79 Å². The predicted octanol–water partition coefficient (Wildman–Crippen LogP) is 4.33. The Balaban J connectivity index is 1.54. The van der Waals surface area contributed by atoms with Crippen LogP contribution >= 0.6 is 0 Å². The van der Waals surface area contributed by atoms with Crippen LogP contribution in [-0.2, 0) is 0 Å². The molecule has 1 heterocycles. The molecule has 0 saturated carbocycles. The molecule has 0 aliphatic carbocycles. The second-order valence-corrected chi connectivity index (χ2v) is 5.44. The van der Waals surface area contributed by atoms with Gasteiger partial charge in [0.15, 0.2) is 11.5 Å². The number of carbonyl (C=O) groups is 1. The van der Waals surface area contributed by atoms with E-state index in [-0.39, 0.29) is 12.7 Å². The van der Waals surface area contributed by atoms with Gasteiger partial charge in [-0.2, -0.15) is 0 Å². The molecule has 4 nitrogen and oxygen atoms in total. The summed E-state index contributed by atoms with van der Waals surface area (Å²) in [5, 5.41) is 2.89. The van der Waals surface area contributed by atoms with Gasteiger partial charge in [-0.25, -0.2) is 0 Å². The molecule has 3 aromatic carbocycles. The second kappa shape index (κ2) is 6.08. The van der Waals surface area contributed by atoms with Crippen molar-refractivity contribution >= 4 is 11.6 Å². The number of carbonyl (C=O) groups excluding carboxylic acids is 1. The lowest BCUT2D eigenvalue weighted by Gasteiger charge is -2.08. The third-order valence-corrected chi connectivity index (χ3v) is 3.89. The van der Waals surface area contributed by atoms with Crippen LogP contribution in [0.3, 0.4) is 0 Å². The lowest BCUT2D eigenvalue weighted by Crippen LogP contribution is -2.12. The van der Waals surface area contributed by atoms with Crippen molar-refractivity contribution in [3.8, 4) is 22.6 Å². The van der Waals surface area contributed by atoms with Crippen LogP contribution in [0.15, 0.2) is 72.8 Å². The fourth-order valence-corrected chi connectivity index (χ4v) is 2.68. The van der Waals surface area contributed by atoms with E-state index < -0.39 is 0 Å². The molecule has 1 aliphatic heterocycles. The monoisotopic (exact) mass is 317 g/mol. The molecule has 1 N–H and O–H groups in total. The molecule has 0 fully saturated rings. The first kappa shape index (κ1) is 14.3. The van der Waals surface area contributed by atoms with Gasteiger partial charge in [-0.3, -0.25) is 4.79 Å². The summed E-state index contributed by atoms with van der Waals surface area (Å²) >= 11 is 0. The first-order valence-electron chi connectivity index (χ1n) is 7.67. The van der Waals surface area contributed by atoms with Gasteiger partial charge in [0, 0.05) is 5.69 Å². The summed E-state index contributed by atoms with van der Waals surface area (Å²) in [5.41, 5.74) is 3.45. The highest BCUT2D eigenvalue weighted by atomic mass is 16.7. The van der Waals surface area contributed by atoms with Gasteiger partial charge < -0.3 is 14.8 Å². The van der Waals surface area contributed by atoms with Crippen LogP contribution in [0.1, 0.15) is 10.4 Å². The fourth-order valence-electron chi connectivity index (χ4n) is 2.68. The quantitative estimate of drug-likeness (QED) is 0.782. The summed E-state index contributed by atoms with van der Waals surface area (Å²) in [6.07, 6.45) is 0. The Kier molecular flexibility index (Phi) is 3.63. The minimum Gasteiger partial charge on any atom is -0.454 e. The first-order chi connectivity index (χ1) is 11.8. The van der Waals surface area contributed by atoms with Crippen LogP contribution in [-0.4, -0.2) is 12.7 Å². The van der Waals surface area contributed by atoms with Gasteiger partial charge in [0.1, 0.15) is 0 Å². The second-order valence-electron chi connectivity index (χ2n) is 5.44. The van der Waals surface area contributed by atoms with Gasteiger partial charge in [0.2, 0.25) is 6.79 Å². The summed E-state index contributed by atoms with van der Waals surface area (Å²) in [7, 11) is 0. The average Bonchev–Trinajstić information content (AvgIpc) is 3.12. The van der Waals surface area contributed by atoms with Crippen LogP contribution in [0.4, 0.5) is 5.69 Å². The van der Waals surface area contributed by atoms with Gasteiger partial charge in [-0.1, -0.05) is 48.5 Å². The van der Waals surface area contributed by atoms with Crippen LogP contribution in [0, 0.1) is 0 Å². The highest BCUT2D eigenvalue weighted by molar-refractivity contribution is 6.06. The molecule has 1 amide bonds. The Hall–Kier alpha value is -3.27. The zero-order valence-corrected chi connectivity index (χ0v) is 12.9. The molecule has 118 valence electrons. The zero-order chi connectivity index (χ0) is 16.4. The molecule has 0 atom stereocenters. The maximum Gasteiger partial charge on any atom is 0.259 e. The Bertz CT molecular complexity index is 873. The lowest BCUT2D eigenvalue weighted by atomic mass is 10.1. The SMILES string of the molecule is O=C(Nc1ccc(-c2ccccc2)cc1)c1cccc2c1OCO2. The molecule has 24 heavy (non-hydrogen) atoms. The predicted molar refractivity (Wildman–Crippen MR) is 92.4 cm³/mol. The van der Waals surface area contributed by atoms with Crippen LogP contribution in [0.25, 0.3) is 11.1 Å². The lowest BCUT2D eigenvalue weighted by molar-refractivity contribution is 0.102. The summed E-state index contributed by atoms with van der Waals surface area (Å²) in [4.78, 5) is 12.5. The largest absolute Gasteiger partial charge is 0.454 e. The number of hydrogen-bond donors (Lipinski definition) is 1. The summed E-state index contributed by atoms with van der Waals surface area (Å²) < 4.78 is 10.7. The molecule has 0 spiro atoms. The standard InChI is InChI=1S/C20H15NO3/c22-20(17-7-4-8-18-19(17)24-13-23-18)21-16-11-9-15(10-12-16)14-5-2-1-3-6-14/h1-12H,13H2,(H,21,22). The smallest absolute Gasteiger partial charge is 0.259 e. The van der Waals surface area contributed by atoms with Crippen molar-refractivity contribution in [3.05, 3.63) is 78.4 Å². The Labute approximate surface area is 139 Å². The molecule has 3 aromatic rings. The third kappa shape index (κ3) is 2.70. The average molecular weight is 317 g/mol. The number of amides is 1. The molecule has 0 bridgehead atoms. The first-order valence-corrected chi connectivity index (χ1v) is 7.67. The molecule has 0 radical (unpaired) electrons. The van der Waals surface area contributed by atoms with E-state index in [0.29, 0.717) is 17.1 Å². The number of anilines is 1. The molecule has 1 aliphatic rings. The van der Waals surface area contributed by atoms with Gasteiger partial charge >= 0.3 is 0 Å². The number of fused-ring (bicyclic) bond motifs is 1. The summed E-state index contributed by atoms with van der Waals surface area (Å²) in [5.74, 6) is 0.878. The Morgan fingerprint density at radius 2 is 1.54 bits per heavy atom. The number of nitrogens with one attached hydrogen (secondary N) is 1. The maximum atomic E-state index is 12.5. The zero-order valence-electron chi connectivity index (χ0n) is 12.9. The highest BCUT2D eigenvalue weighted by Crippen LogP contribution is 2.35. The number of benzene rings is 3. The van der Waals surface area contributed by atoms with E-state index in [1.807, 2.05) is 42.5 Å². The maximum absolute atomic E-state index is 12.5. The van der Waals surface area contributed by atoms with Crippen molar-refractivity contribution in [2.75, 3.05) is 12.1 Å². The van der Waals surface area contributed by atoms with Gasteiger partial charge in [-0.05, 0) is 35.4 Å². The van der Waals surface area contributed by atoms with Crippen molar-refractivity contribution in [1.82, 2.24) is 0 Å². The number of ether oxygens (including phenoxy) is 2. The number of rotatable bonds is 3. The van der Waals surface area contributed by atoms with Crippen molar-refractivity contribution < 1.29 is 14.3 Å². The molecule has 0 unspecified atom stereocenters. The molecule has 0 aromatic heterocycles. The van der Waals surface area contributed by atoms with Crippen molar-refractivity contribution in [3.63, 3.8) is 0 Å². The fraction of sp³-hybridized carbons (Fsp3) is 0.0500. The Morgan fingerprint density at radius 1 is 0.792 bits per heavy atom. The number of hydrogen-bond acceptors (Lipinski definition) is 3. The normalized spacial score (nSPS) is 12.0. The minimum absolute atomic E-state index is 0.144. The van der Waals surface area contributed by atoms with Crippen molar-refractivity contribution in [2.24, 2.45) is 0 Å². The van der Waals surface area contributed by atoms with E-state index in [4.69, 9.17) is 9.47 Å². The van der Waals surface area contributed by atoms with E-state index in [1.165, 1.54) is 0 Å². The minimum atomic E-state index is -0.218. The van der Waals surface area contributed by atoms with Gasteiger partial charge in [0.05, 0.1) is 5.56 Å². The van der Waals surface area contributed by atoms with Crippen LogP contribution < -0.4 is 14.8 Å². The molecular weight excluding hydrogens is 302 g/mol. The Morgan fingerprint density at radius 3 is 2.33 bits per heavy atom. The topological polar surface area (TPSA) is 47.6 Å². The number of para-hydroxylation sites is 1. The van der Waals surface area contributed by atoms with E-state index in [2.05, 4.69) is 17.4 Å². The van der Waals surface area contributed by atoms with Crippen LogP contribution in [0.2, 0.25) is 0 Å². The molecular formula is C20H15NO3. The summed E-state index contributed by atoms with van der Waals surface area (Å²) in [6.45, 7) is 0.144. The van der Waals surface area contributed by atoms with E-state index in [0.717, 1.165) is 16.8 Å². The van der Waals surface area contributed by atoms with Gasteiger partial charge in [0.25, 0.3) is 5.91 Å².